The van der Waals surface area contributed by atoms with Crippen LogP contribution in [0.4, 0.5) is 0 Å². The van der Waals surface area contributed by atoms with Crippen LogP contribution in [-0.2, 0) is 4.79 Å². The quantitative estimate of drug-likeness (QED) is 0.119. The smallest absolute Gasteiger partial charge is 0.320 e. The highest BCUT2D eigenvalue weighted by molar-refractivity contribution is 5.90. The minimum Gasteiger partial charge on any atom is -0.480 e. The summed E-state index contributed by atoms with van der Waals surface area (Å²) in [7, 11) is 0. The van der Waals surface area contributed by atoms with Crippen LogP contribution in [0, 0.1) is 5.92 Å². The highest BCUT2D eigenvalue weighted by atomic mass is 16.4. The molecule has 2 heterocycles. The van der Waals surface area contributed by atoms with Gasteiger partial charge in [-0.3, -0.25) is 30.7 Å². The second-order valence-electron chi connectivity index (χ2n) is 8.88. The van der Waals surface area contributed by atoms with Crippen LogP contribution < -0.4 is 32.3 Å². The molecule has 0 amide bonds. The molecule has 2 aliphatic heterocycles. The maximum absolute atomic E-state index is 11.6. The Bertz CT molecular complexity index is 776. The molecule has 2 unspecified atom stereocenters. The highest BCUT2D eigenvalue weighted by Gasteiger charge is 2.30. The molecule has 0 aromatic rings. The number of aliphatic imine (C=N–C) groups is 2. The number of carbonyl (C=O) groups is 1. The number of rotatable bonds is 13. The predicted octanol–water partition coefficient (Wildman–Crippen LogP) is -3.04. The summed E-state index contributed by atoms with van der Waals surface area (Å²) in [4.78, 5) is 20.5. The van der Waals surface area contributed by atoms with Crippen molar-refractivity contribution in [3.8, 4) is 0 Å². The summed E-state index contributed by atoms with van der Waals surface area (Å²) in [5, 5.41) is 53.9. The first-order chi connectivity index (χ1) is 16.4. The maximum atomic E-state index is 11.6. The fourth-order valence-corrected chi connectivity index (χ4v) is 4.31. The van der Waals surface area contributed by atoms with Gasteiger partial charge in [0.15, 0.2) is 5.96 Å². The van der Waals surface area contributed by atoms with Crippen molar-refractivity contribution in [1.82, 2.24) is 26.6 Å². The van der Waals surface area contributed by atoms with E-state index in [1.165, 1.54) is 0 Å². The summed E-state index contributed by atoms with van der Waals surface area (Å²) in [5.41, 5.74) is 7.81. The van der Waals surface area contributed by atoms with E-state index in [-0.39, 0.29) is 44.1 Å². The van der Waals surface area contributed by atoms with Crippen LogP contribution in [0.1, 0.15) is 32.1 Å². The van der Waals surface area contributed by atoms with Gasteiger partial charge in [0.05, 0.1) is 19.7 Å². The summed E-state index contributed by atoms with van der Waals surface area (Å²) < 4.78 is 0. The molecule has 34 heavy (non-hydrogen) atoms. The number of aliphatic hydroxyl groups excluding tert-OH is 3. The van der Waals surface area contributed by atoms with Gasteiger partial charge in [0.1, 0.15) is 30.7 Å². The number of aliphatic carboxylic acids is 1. The summed E-state index contributed by atoms with van der Waals surface area (Å²) in [5.74, 6) is -0.741. The minimum absolute atomic E-state index is 0.0135. The molecule has 1 aliphatic carbocycles. The van der Waals surface area contributed by atoms with Crippen molar-refractivity contribution in [3.63, 3.8) is 0 Å². The van der Waals surface area contributed by atoms with Crippen LogP contribution in [0.5, 0.6) is 0 Å². The monoisotopic (exact) mass is 482 g/mol. The Morgan fingerprint density at radius 3 is 2.85 bits per heavy atom. The molecule has 0 saturated heterocycles. The molecule has 3 rings (SSSR count). The number of allylic oxidation sites excluding steroid dienone is 2. The second-order valence-corrected chi connectivity index (χ2v) is 8.88. The second kappa shape index (κ2) is 13.0. The molecule has 0 radical (unpaired) electrons. The Morgan fingerprint density at radius 2 is 2.15 bits per heavy atom. The van der Waals surface area contributed by atoms with Crippen LogP contribution in [0.3, 0.4) is 0 Å². The molecular weight excluding hydrogens is 444 g/mol. The number of carboxylic acid groups (broad SMARTS) is 1. The van der Waals surface area contributed by atoms with Crippen LogP contribution in [-0.4, -0.2) is 102 Å². The third kappa shape index (κ3) is 7.89. The van der Waals surface area contributed by atoms with Crippen LogP contribution >= 0.6 is 0 Å². The Balaban J connectivity index is 1.41. The van der Waals surface area contributed by atoms with E-state index < -0.39 is 24.5 Å². The van der Waals surface area contributed by atoms with Gasteiger partial charge in [-0.15, -0.1) is 0 Å². The number of aliphatic hydroxyl groups is 3. The lowest BCUT2D eigenvalue weighted by Crippen LogP contribution is -2.61. The third-order valence-corrected chi connectivity index (χ3v) is 6.32. The standard InChI is InChI=1S/C21H38N8O5/c22-21-26-11-16-18(29-21)25-10-14(27-16)9-24-13-3-1-12(2-4-13)19(32)28-15(20(33)34)5-6-17(31)23-7-8-30/h3,12,15-19,23-25,28,30-32H,1-2,4-11H2,(H,33,34)(H3,22,26,29)/t12-,15-,16?,17+,18?,19+/m0/s1. The van der Waals surface area contributed by atoms with Crippen LogP contribution in [0.15, 0.2) is 21.8 Å². The summed E-state index contributed by atoms with van der Waals surface area (Å²) in [6.07, 6.45) is 2.61. The van der Waals surface area contributed by atoms with E-state index in [2.05, 4.69) is 31.6 Å². The number of nitrogens with one attached hydrogen (secondary N) is 5. The van der Waals surface area contributed by atoms with Gasteiger partial charge in [0.2, 0.25) is 0 Å². The number of carboxylic acids is 1. The lowest BCUT2D eigenvalue weighted by Gasteiger charge is -2.34. The molecule has 6 atom stereocenters. The number of fused-ring (bicyclic) bond motifs is 1. The van der Waals surface area contributed by atoms with Gasteiger partial charge in [-0.05, 0) is 32.1 Å². The minimum atomic E-state index is -1.08. The van der Waals surface area contributed by atoms with E-state index in [9.17, 15) is 20.1 Å². The fraction of sp³-hybridized carbons (Fsp3) is 0.762. The normalized spacial score (nSPS) is 27.3. The molecule has 0 aromatic carbocycles. The van der Waals surface area contributed by atoms with E-state index in [1.807, 2.05) is 6.08 Å². The molecule has 3 aliphatic rings. The zero-order chi connectivity index (χ0) is 24.5. The van der Waals surface area contributed by atoms with Crippen molar-refractivity contribution in [3.05, 3.63) is 11.8 Å². The summed E-state index contributed by atoms with van der Waals surface area (Å²) in [6.45, 7) is 1.96. The average Bonchev–Trinajstić information content (AvgIpc) is 2.83. The van der Waals surface area contributed by atoms with Gasteiger partial charge in [0.25, 0.3) is 0 Å². The topological polar surface area (TPSA) is 209 Å². The largest absolute Gasteiger partial charge is 0.480 e. The van der Waals surface area contributed by atoms with Crippen molar-refractivity contribution in [2.75, 3.05) is 32.8 Å². The first-order valence-corrected chi connectivity index (χ1v) is 11.8. The van der Waals surface area contributed by atoms with Crippen molar-refractivity contribution in [2.45, 2.75) is 62.8 Å². The lowest BCUT2D eigenvalue weighted by atomic mass is 9.90. The van der Waals surface area contributed by atoms with Crippen molar-refractivity contribution in [2.24, 2.45) is 21.6 Å². The van der Waals surface area contributed by atoms with Gasteiger partial charge < -0.3 is 36.8 Å². The van der Waals surface area contributed by atoms with Crippen LogP contribution in [0.25, 0.3) is 0 Å². The van der Waals surface area contributed by atoms with E-state index in [4.69, 9.17) is 15.8 Å². The van der Waals surface area contributed by atoms with Crippen molar-refractivity contribution >= 4 is 17.6 Å². The van der Waals surface area contributed by atoms with Crippen molar-refractivity contribution < 1.29 is 25.2 Å². The molecule has 0 aromatic heterocycles. The molecule has 192 valence electrons. The molecular formula is C21H38N8O5. The van der Waals surface area contributed by atoms with Gasteiger partial charge in [-0.25, -0.2) is 0 Å². The van der Waals surface area contributed by atoms with Gasteiger partial charge >= 0.3 is 5.97 Å². The van der Waals surface area contributed by atoms with E-state index in [0.29, 0.717) is 38.4 Å². The number of nitrogens with zero attached hydrogens (tertiary/aromatic N) is 2. The zero-order valence-corrected chi connectivity index (χ0v) is 19.3. The first-order valence-electron chi connectivity index (χ1n) is 11.8. The zero-order valence-electron chi connectivity index (χ0n) is 19.3. The Labute approximate surface area is 199 Å². The molecule has 13 nitrogen and oxygen atoms in total. The van der Waals surface area contributed by atoms with Gasteiger partial charge in [0, 0.05) is 30.4 Å². The molecule has 11 N–H and O–H groups in total. The number of hydrogen-bond donors (Lipinski definition) is 10. The maximum Gasteiger partial charge on any atom is 0.320 e. The molecule has 0 saturated carbocycles. The van der Waals surface area contributed by atoms with Gasteiger partial charge in [-0.2, -0.15) is 0 Å². The van der Waals surface area contributed by atoms with E-state index >= 15 is 0 Å². The summed E-state index contributed by atoms with van der Waals surface area (Å²) in [6, 6.07) is -0.948. The Hall–Kier alpha value is -2.29. The molecule has 0 spiro atoms. The molecule has 0 fully saturated rings. The highest BCUT2D eigenvalue weighted by Crippen LogP contribution is 2.25. The Kier molecular flexibility index (Phi) is 10.0. The van der Waals surface area contributed by atoms with Crippen molar-refractivity contribution in [1.29, 1.82) is 0 Å². The van der Waals surface area contributed by atoms with Gasteiger partial charge in [-0.1, -0.05) is 6.08 Å². The van der Waals surface area contributed by atoms with E-state index in [1.54, 1.807) is 0 Å². The third-order valence-electron chi connectivity index (χ3n) is 6.32. The Morgan fingerprint density at radius 1 is 1.32 bits per heavy atom. The van der Waals surface area contributed by atoms with E-state index in [0.717, 1.165) is 17.8 Å². The molecule has 0 bridgehead atoms. The first kappa shape index (κ1) is 26.3. The summed E-state index contributed by atoms with van der Waals surface area (Å²) >= 11 is 0. The predicted molar refractivity (Wildman–Crippen MR) is 127 cm³/mol. The lowest BCUT2D eigenvalue weighted by molar-refractivity contribution is -0.141. The fourth-order valence-electron chi connectivity index (χ4n) is 4.31. The SMILES string of the molecule is NC1=NCC2N=C(CNC3=CC[C@H]([C@@H](O)N[C@@H](CC[C@@H](O)NCCO)C(=O)O)CC3)CNC2N1. The average molecular weight is 483 g/mol. The molecule has 13 heteroatoms. The number of guanidine groups is 1. The van der Waals surface area contributed by atoms with Crippen LogP contribution in [0.2, 0.25) is 0 Å². The number of hydrogen-bond acceptors (Lipinski definition) is 12. The number of nitrogens with two attached hydrogens (primary N) is 1.